The predicted molar refractivity (Wildman–Crippen MR) is 178 cm³/mol. The average molecular weight is 678 g/mol. The third kappa shape index (κ3) is 9.30. The zero-order valence-electron chi connectivity index (χ0n) is 27.0. The van der Waals surface area contributed by atoms with Crippen LogP contribution in [0.2, 0.25) is 5.02 Å². The van der Waals surface area contributed by atoms with Crippen LogP contribution in [0.5, 0.6) is 11.5 Å². The number of alkyl carbamates (subject to hydrolysis) is 1. The Labute approximate surface area is 283 Å². The summed E-state index contributed by atoms with van der Waals surface area (Å²) in [5.74, 6) is -1.07. The quantitative estimate of drug-likeness (QED) is 0.129. The lowest BCUT2D eigenvalue weighted by Crippen LogP contribution is -2.41. The number of ether oxygens (including phenoxy) is 3. The number of primary amides is 1. The third-order valence-corrected chi connectivity index (χ3v) is 7.93. The van der Waals surface area contributed by atoms with Crippen LogP contribution in [0.4, 0.5) is 9.18 Å². The number of hydrogen-bond donors (Lipinski definition) is 3. The van der Waals surface area contributed by atoms with E-state index in [1.807, 2.05) is 30.3 Å². The number of nitrogens with zero attached hydrogens (tertiary/aromatic N) is 1. The second-order valence-electron chi connectivity index (χ2n) is 11.9. The minimum atomic E-state index is -1.62. The molecule has 10 nitrogen and oxygen atoms in total. The minimum absolute atomic E-state index is 0.0267. The van der Waals surface area contributed by atoms with Gasteiger partial charge < -0.3 is 30.4 Å². The summed E-state index contributed by atoms with van der Waals surface area (Å²) >= 11 is 6.08. The molecule has 1 atom stereocenters. The van der Waals surface area contributed by atoms with Crippen molar-refractivity contribution < 1.29 is 38.1 Å². The lowest BCUT2D eigenvalue weighted by molar-refractivity contribution is -0.119. The van der Waals surface area contributed by atoms with Crippen molar-refractivity contribution in [3.63, 3.8) is 0 Å². The van der Waals surface area contributed by atoms with Crippen LogP contribution < -0.4 is 20.5 Å². The van der Waals surface area contributed by atoms with E-state index in [4.69, 9.17) is 31.5 Å². The fourth-order valence-electron chi connectivity index (χ4n) is 4.80. The highest BCUT2D eigenvalue weighted by Crippen LogP contribution is 2.34. The van der Waals surface area contributed by atoms with Crippen LogP contribution in [-0.2, 0) is 27.3 Å². The van der Waals surface area contributed by atoms with Crippen molar-refractivity contribution in [1.29, 1.82) is 0 Å². The topological polar surface area (TPSA) is 150 Å². The first kappa shape index (κ1) is 35.8. The Balaban J connectivity index is 1.59. The van der Waals surface area contributed by atoms with Gasteiger partial charge in [0.25, 0.3) is 5.91 Å². The van der Waals surface area contributed by atoms with Gasteiger partial charge in [-0.25, -0.2) is 14.2 Å². The SMILES string of the molecule is COc1cc(C(=O)CCC(C)(O)c2cc(C(C)(C)NC(=O)OCc3ccccc3)cc(-c3ccc(F)c(Cl)c3)n2)ccc1OCC(N)=O. The summed E-state index contributed by atoms with van der Waals surface area (Å²) in [5.41, 5.74) is 5.23. The first-order valence-corrected chi connectivity index (χ1v) is 15.4. The van der Waals surface area contributed by atoms with Gasteiger partial charge in [-0.05, 0) is 86.8 Å². The molecule has 1 unspecified atom stereocenters. The lowest BCUT2D eigenvalue weighted by Gasteiger charge is -2.30. The van der Waals surface area contributed by atoms with E-state index in [1.165, 1.54) is 50.4 Å². The standard InChI is InChI=1S/C36H37ClFN3O7/c1-35(2,41-34(44)48-20-22-8-6-5-7-9-22)25-18-28(23-10-12-27(38)26(37)16-23)40-32(19-25)36(3,45)15-14-29(42)24-11-13-30(31(17-24)46-4)47-21-33(39)43/h5-13,16-19,45H,14-15,20-21H2,1-4H3,(H2,39,43)(H,41,44). The number of carbonyl (C=O) groups is 3. The monoisotopic (exact) mass is 677 g/mol. The molecule has 4 N–H and O–H groups in total. The number of halogens is 2. The average Bonchev–Trinajstić information content (AvgIpc) is 3.06. The summed E-state index contributed by atoms with van der Waals surface area (Å²) in [6, 6.07) is 21.2. The molecule has 0 aliphatic heterocycles. The summed E-state index contributed by atoms with van der Waals surface area (Å²) in [6.07, 6.45) is -0.761. The van der Waals surface area contributed by atoms with Gasteiger partial charge in [-0.15, -0.1) is 0 Å². The molecule has 0 saturated carbocycles. The Bertz CT molecular complexity index is 1800. The normalized spacial score (nSPS) is 12.5. The number of pyridine rings is 1. The van der Waals surface area contributed by atoms with Gasteiger partial charge >= 0.3 is 6.09 Å². The number of benzene rings is 3. The highest BCUT2D eigenvalue weighted by molar-refractivity contribution is 6.31. The van der Waals surface area contributed by atoms with E-state index in [2.05, 4.69) is 10.3 Å². The van der Waals surface area contributed by atoms with E-state index >= 15 is 0 Å². The summed E-state index contributed by atoms with van der Waals surface area (Å²) < 4.78 is 30.1. The second-order valence-corrected chi connectivity index (χ2v) is 12.3. The van der Waals surface area contributed by atoms with Gasteiger partial charge in [-0.1, -0.05) is 41.9 Å². The Kier molecular flexibility index (Phi) is 11.4. The molecular weight excluding hydrogens is 641 g/mol. The summed E-state index contributed by atoms with van der Waals surface area (Å²) in [5, 5.41) is 14.5. The third-order valence-electron chi connectivity index (χ3n) is 7.64. The number of hydrogen-bond acceptors (Lipinski definition) is 8. The number of rotatable bonds is 14. The van der Waals surface area contributed by atoms with E-state index in [0.29, 0.717) is 22.4 Å². The molecule has 0 fully saturated rings. The minimum Gasteiger partial charge on any atom is -0.493 e. The van der Waals surface area contributed by atoms with E-state index < -0.39 is 29.0 Å². The number of Topliss-reactive ketones (excluding diaryl/α,β-unsaturated/α-hetero) is 1. The van der Waals surface area contributed by atoms with Crippen molar-refractivity contribution in [2.75, 3.05) is 13.7 Å². The number of aromatic nitrogens is 1. The van der Waals surface area contributed by atoms with Crippen LogP contribution in [-0.4, -0.2) is 41.6 Å². The first-order chi connectivity index (χ1) is 22.7. The molecule has 48 heavy (non-hydrogen) atoms. The van der Waals surface area contributed by atoms with Crippen LogP contribution >= 0.6 is 11.6 Å². The fraction of sp³-hybridized carbons (Fsp3) is 0.278. The highest BCUT2D eigenvalue weighted by atomic mass is 35.5. The number of methoxy groups -OCH3 is 1. The maximum atomic E-state index is 14.0. The smallest absolute Gasteiger partial charge is 0.408 e. The van der Waals surface area contributed by atoms with Crippen molar-refractivity contribution >= 4 is 29.4 Å². The molecule has 0 spiro atoms. The van der Waals surface area contributed by atoms with Crippen LogP contribution in [0.25, 0.3) is 11.3 Å². The molecule has 0 aliphatic rings. The Morgan fingerprint density at radius 2 is 1.71 bits per heavy atom. The zero-order valence-corrected chi connectivity index (χ0v) is 27.8. The van der Waals surface area contributed by atoms with Crippen molar-refractivity contribution in [3.05, 3.63) is 112 Å². The van der Waals surface area contributed by atoms with Gasteiger partial charge in [0.05, 0.1) is 29.1 Å². The van der Waals surface area contributed by atoms with Crippen molar-refractivity contribution in [2.24, 2.45) is 5.73 Å². The van der Waals surface area contributed by atoms with Crippen LogP contribution in [0.1, 0.15) is 60.8 Å². The Morgan fingerprint density at radius 3 is 2.38 bits per heavy atom. The highest BCUT2D eigenvalue weighted by Gasteiger charge is 2.31. The molecule has 1 aromatic heterocycles. The molecule has 0 radical (unpaired) electrons. The molecule has 3 aromatic carbocycles. The van der Waals surface area contributed by atoms with E-state index in [-0.39, 0.29) is 54.1 Å². The number of amides is 2. The maximum Gasteiger partial charge on any atom is 0.408 e. The van der Waals surface area contributed by atoms with Crippen molar-refractivity contribution in [1.82, 2.24) is 10.3 Å². The van der Waals surface area contributed by atoms with Gasteiger partial charge in [0.2, 0.25) is 0 Å². The number of aliphatic hydroxyl groups is 1. The summed E-state index contributed by atoms with van der Waals surface area (Å²) in [4.78, 5) is 41.8. The van der Waals surface area contributed by atoms with Crippen molar-refractivity contribution in [3.8, 4) is 22.8 Å². The van der Waals surface area contributed by atoms with E-state index in [1.54, 1.807) is 26.0 Å². The van der Waals surface area contributed by atoms with Gasteiger partial charge in [0.15, 0.2) is 23.9 Å². The molecule has 1 heterocycles. The van der Waals surface area contributed by atoms with Crippen LogP contribution in [0, 0.1) is 5.82 Å². The van der Waals surface area contributed by atoms with E-state index in [0.717, 1.165) is 5.56 Å². The maximum absolute atomic E-state index is 14.0. The van der Waals surface area contributed by atoms with Gasteiger partial charge in [-0.3, -0.25) is 9.59 Å². The molecular formula is C36H37ClFN3O7. The van der Waals surface area contributed by atoms with Crippen molar-refractivity contribution in [2.45, 2.75) is 51.4 Å². The van der Waals surface area contributed by atoms with Gasteiger partial charge in [-0.2, -0.15) is 0 Å². The number of ketones is 1. The molecule has 252 valence electrons. The molecule has 0 saturated heterocycles. The number of nitrogens with two attached hydrogens (primary N) is 1. The lowest BCUT2D eigenvalue weighted by atomic mass is 9.87. The van der Waals surface area contributed by atoms with Gasteiger partial charge in [0, 0.05) is 17.5 Å². The molecule has 12 heteroatoms. The predicted octanol–water partition coefficient (Wildman–Crippen LogP) is 6.45. The molecule has 4 aromatic rings. The second kappa shape index (κ2) is 15.3. The van der Waals surface area contributed by atoms with E-state index in [9.17, 15) is 23.9 Å². The van der Waals surface area contributed by atoms with Gasteiger partial charge in [0.1, 0.15) is 18.0 Å². The summed E-state index contributed by atoms with van der Waals surface area (Å²) in [7, 11) is 1.40. The Hall–Kier alpha value is -5.00. The zero-order chi connectivity index (χ0) is 35.1. The Morgan fingerprint density at radius 1 is 0.979 bits per heavy atom. The first-order valence-electron chi connectivity index (χ1n) is 15.0. The molecule has 0 aliphatic carbocycles. The number of carbonyl (C=O) groups excluding carboxylic acids is 3. The van der Waals surface area contributed by atoms with Crippen LogP contribution in [0.3, 0.4) is 0 Å². The number of nitrogens with one attached hydrogen (secondary N) is 1. The fourth-order valence-corrected chi connectivity index (χ4v) is 4.98. The molecule has 4 rings (SSSR count). The largest absolute Gasteiger partial charge is 0.493 e. The molecule has 0 bridgehead atoms. The molecule has 2 amide bonds. The summed E-state index contributed by atoms with van der Waals surface area (Å²) in [6.45, 7) is 4.77. The van der Waals surface area contributed by atoms with Crippen LogP contribution in [0.15, 0.2) is 78.9 Å².